The number of para-hydroxylation sites is 1. The van der Waals surface area contributed by atoms with Crippen LogP contribution in [0.4, 0.5) is 0 Å². The number of nitrogens with one attached hydrogen (secondary N) is 3. The molecule has 0 aliphatic carbocycles. The molecule has 3 heterocycles. The van der Waals surface area contributed by atoms with Crippen LogP contribution in [0.3, 0.4) is 0 Å². The highest BCUT2D eigenvalue weighted by Crippen LogP contribution is 2.33. The first-order valence-electron chi connectivity index (χ1n) is 10.2. The Hall–Kier alpha value is -1.70. The molecule has 2 saturated heterocycles. The standard InChI is InChI=1S/C21H31N5OS/c1-22-20(23-8-6-17-14-24-19-5-3-2-4-18(17)19)25-15-21(7-13-28-16-21)26-9-11-27-12-10-26/h2-5,14,24H,6-13,15-16H2,1H3,(H2,22,23,25). The molecule has 2 aliphatic heterocycles. The van der Waals surface area contributed by atoms with Gasteiger partial charge in [-0.1, -0.05) is 18.2 Å². The maximum Gasteiger partial charge on any atom is 0.191 e. The lowest BCUT2D eigenvalue weighted by atomic mass is 9.95. The Morgan fingerprint density at radius 3 is 2.93 bits per heavy atom. The van der Waals surface area contributed by atoms with E-state index in [2.05, 4.69) is 67.7 Å². The van der Waals surface area contributed by atoms with Crippen LogP contribution in [0, 0.1) is 0 Å². The topological polar surface area (TPSA) is 64.7 Å². The van der Waals surface area contributed by atoms with E-state index in [4.69, 9.17) is 4.74 Å². The molecule has 0 amide bonds. The maximum absolute atomic E-state index is 5.56. The minimum atomic E-state index is 0.225. The molecular formula is C21H31N5OS. The fourth-order valence-corrected chi connectivity index (χ4v) is 5.74. The SMILES string of the molecule is CN=C(NCCc1c[nH]c2ccccc12)NCC1(N2CCOCC2)CCSC1. The molecular weight excluding hydrogens is 370 g/mol. The Labute approximate surface area is 171 Å². The molecule has 2 aliphatic rings. The first-order chi connectivity index (χ1) is 13.8. The smallest absolute Gasteiger partial charge is 0.191 e. The van der Waals surface area contributed by atoms with Gasteiger partial charge in [-0.3, -0.25) is 9.89 Å². The average molecular weight is 402 g/mol. The number of rotatable bonds is 6. The van der Waals surface area contributed by atoms with Gasteiger partial charge in [0.15, 0.2) is 5.96 Å². The monoisotopic (exact) mass is 401 g/mol. The van der Waals surface area contributed by atoms with Gasteiger partial charge in [0.05, 0.1) is 13.2 Å². The summed E-state index contributed by atoms with van der Waals surface area (Å²) in [5.41, 5.74) is 2.77. The quantitative estimate of drug-likeness (QED) is 0.511. The number of H-pyrrole nitrogens is 1. The third-order valence-corrected chi connectivity index (χ3v) is 7.17. The largest absolute Gasteiger partial charge is 0.379 e. The van der Waals surface area contributed by atoms with E-state index in [1.165, 1.54) is 34.4 Å². The molecule has 152 valence electrons. The molecule has 6 nitrogen and oxygen atoms in total. The summed E-state index contributed by atoms with van der Waals surface area (Å²) in [6.45, 7) is 5.57. The number of ether oxygens (including phenoxy) is 1. The Morgan fingerprint density at radius 1 is 1.29 bits per heavy atom. The van der Waals surface area contributed by atoms with E-state index < -0.39 is 0 Å². The summed E-state index contributed by atoms with van der Waals surface area (Å²) >= 11 is 2.06. The van der Waals surface area contributed by atoms with Gasteiger partial charge in [-0.25, -0.2) is 0 Å². The number of aromatic nitrogens is 1. The predicted molar refractivity (Wildman–Crippen MR) is 118 cm³/mol. The van der Waals surface area contributed by atoms with Gasteiger partial charge < -0.3 is 20.4 Å². The number of morpholine rings is 1. The first-order valence-corrected chi connectivity index (χ1v) is 11.4. The van der Waals surface area contributed by atoms with Crippen LogP contribution in [0.1, 0.15) is 12.0 Å². The fourth-order valence-electron chi connectivity index (χ4n) is 4.26. The van der Waals surface area contributed by atoms with Crippen LogP contribution in [0.5, 0.6) is 0 Å². The molecule has 28 heavy (non-hydrogen) atoms. The molecule has 1 aromatic carbocycles. The van der Waals surface area contributed by atoms with Crippen molar-refractivity contribution < 1.29 is 4.74 Å². The molecule has 0 spiro atoms. The predicted octanol–water partition coefficient (Wildman–Crippen LogP) is 2.08. The summed E-state index contributed by atoms with van der Waals surface area (Å²) < 4.78 is 5.56. The third kappa shape index (κ3) is 4.31. The van der Waals surface area contributed by atoms with E-state index in [1.807, 2.05) is 7.05 Å². The van der Waals surface area contributed by atoms with Crippen molar-refractivity contribution >= 4 is 28.6 Å². The zero-order valence-electron chi connectivity index (χ0n) is 16.7. The van der Waals surface area contributed by atoms with Crippen molar-refractivity contribution in [1.29, 1.82) is 0 Å². The highest BCUT2D eigenvalue weighted by atomic mass is 32.2. The summed E-state index contributed by atoms with van der Waals surface area (Å²) in [6.07, 6.45) is 4.32. The minimum absolute atomic E-state index is 0.225. The molecule has 7 heteroatoms. The summed E-state index contributed by atoms with van der Waals surface area (Å²) in [4.78, 5) is 10.4. The van der Waals surface area contributed by atoms with Crippen molar-refractivity contribution in [3.8, 4) is 0 Å². The van der Waals surface area contributed by atoms with E-state index in [1.54, 1.807) is 0 Å². The number of fused-ring (bicyclic) bond motifs is 1. The lowest BCUT2D eigenvalue weighted by Crippen LogP contribution is -2.60. The molecule has 4 rings (SSSR count). The van der Waals surface area contributed by atoms with Gasteiger partial charge in [-0.15, -0.1) is 0 Å². The molecule has 1 atom stereocenters. The molecule has 2 fully saturated rings. The highest BCUT2D eigenvalue weighted by Gasteiger charge is 2.40. The van der Waals surface area contributed by atoms with Crippen LogP contribution in [-0.2, 0) is 11.2 Å². The number of hydrogen-bond donors (Lipinski definition) is 3. The van der Waals surface area contributed by atoms with Crippen LogP contribution in [0.2, 0.25) is 0 Å². The number of nitrogens with zero attached hydrogens (tertiary/aromatic N) is 2. The molecule has 0 radical (unpaired) electrons. The van der Waals surface area contributed by atoms with Crippen molar-refractivity contribution in [1.82, 2.24) is 20.5 Å². The van der Waals surface area contributed by atoms with E-state index in [0.717, 1.165) is 51.8 Å². The summed E-state index contributed by atoms with van der Waals surface area (Å²) in [5.74, 6) is 3.32. The van der Waals surface area contributed by atoms with Crippen molar-refractivity contribution in [3.63, 3.8) is 0 Å². The van der Waals surface area contributed by atoms with Crippen molar-refractivity contribution in [2.45, 2.75) is 18.4 Å². The zero-order chi connectivity index (χ0) is 19.2. The van der Waals surface area contributed by atoms with E-state index in [9.17, 15) is 0 Å². The Kier molecular flexibility index (Phi) is 6.44. The summed E-state index contributed by atoms with van der Waals surface area (Å²) in [5, 5.41) is 8.40. The zero-order valence-corrected chi connectivity index (χ0v) is 17.5. The lowest BCUT2D eigenvalue weighted by molar-refractivity contribution is -0.0120. The summed E-state index contributed by atoms with van der Waals surface area (Å²) in [7, 11) is 1.85. The van der Waals surface area contributed by atoms with E-state index in [0.29, 0.717) is 0 Å². The van der Waals surface area contributed by atoms with Gasteiger partial charge in [0.2, 0.25) is 0 Å². The van der Waals surface area contributed by atoms with Crippen molar-refractivity contribution in [2.75, 3.05) is 57.9 Å². The third-order valence-electron chi connectivity index (χ3n) is 5.93. The molecule has 0 bridgehead atoms. The van der Waals surface area contributed by atoms with Crippen molar-refractivity contribution in [2.24, 2.45) is 4.99 Å². The van der Waals surface area contributed by atoms with Crippen LogP contribution >= 0.6 is 11.8 Å². The lowest BCUT2D eigenvalue weighted by Gasteiger charge is -2.43. The van der Waals surface area contributed by atoms with Gasteiger partial charge in [0.1, 0.15) is 0 Å². The molecule has 3 N–H and O–H groups in total. The Bertz CT molecular complexity index is 793. The van der Waals surface area contributed by atoms with Gasteiger partial charge in [0.25, 0.3) is 0 Å². The first kappa shape index (κ1) is 19.6. The molecule has 1 aromatic heterocycles. The molecule has 2 aromatic rings. The summed E-state index contributed by atoms with van der Waals surface area (Å²) in [6, 6.07) is 8.46. The second-order valence-electron chi connectivity index (χ2n) is 7.59. The number of hydrogen-bond acceptors (Lipinski definition) is 4. The second-order valence-corrected chi connectivity index (χ2v) is 8.69. The Morgan fingerprint density at radius 2 is 2.14 bits per heavy atom. The second kappa shape index (κ2) is 9.20. The van der Waals surface area contributed by atoms with E-state index in [-0.39, 0.29) is 5.54 Å². The van der Waals surface area contributed by atoms with Crippen LogP contribution in [0.25, 0.3) is 10.9 Å². The van der Waals surface area contributed by atoms with E-state index >= 15 is 0 Å². The van der Waals surface area contributed by atoms with Gasteiger partial charge in [0, 0.05) is 61.6 Å². The van der Waals surface area contributed by atoms with Gasteiger partial charge in [-0.2, -0.15) is 11.8 Å². The van der Waals surface area contributed by atoms with Crippen LogP contribution < -0.4 is 10.6 Å². The Balaban J connectivity index is 1.30. The number of thioether (sulfide) groups is 1. The molecule has 1 unspecified atom stereocenters. The number of aliphatic imine (C=N–C) groups is 1. The van der Waals surface area contributed by atoms with Crippen LogP contribution in [-0.4, -0.2) is 79.3 Å². The number of aromatic amines is 1. The highest BCUT2D eigenvalue weighted by molar-refractivity contribution is 7.99. The normalized spacial score (nSPS) is 24.0. The number of guanidine groups is 1. The van der Waals surface area contributed by atoms with Gasteiger partial charge in [-0.05, 0) is 30.2 Å². The fraction of sp³-hybridized carbons (Fsp3) is 0.571. The number of benzene rings is 1. The van der Waals surface area contributed by atoms with Crippen LogP contribution in [0.15, 0.2) is 35.5 Å². The minimum Gasteiger partial charge on any atom is -0.379 e. The maximum atomic E-state index is 5.56. The molecule has 0 saturated carbocycles. The van der Waals surface area contributed by atoms with Gasteiger partial charge >= 0.3 is 0 Å². The van der Waals surface area contributed by atoms with Crippen molar-refractivity contribution in [3.05, 3.63) is 36.0 Å². The average Bonchev–Trinajstić information content (AvgIpc) is 3.39.